The van der Waals surface area contributed by atoms with Crippen LogP contribution in [0, 0.1) is 5.82 Å². The fraction of sp³-hybridized carbons (Fsp3) is 0.174. The fourth-order valence-corrected chi connectivity index (χ4v) is 3.91. The van der Waals surface area contributed by atoms with Crippen LogP contribution in [0.2, 0.25) is 0 Å². The van der Waals surface area contributed by atoms with Crippen LogP contribution < -0.4 is 0 Å². The maximum Gasteiger partial charge on any atom is 0.359 e. The Hall–Kier alpha value is -3.54. The van der Waals surface area contributed by atoms with Crippen LogP contribution in [-0.2, 0) is 24.2 Å². The molecule has 0 spiro atoms. The first kappa shape index (κ1) is 17.6. The van der Waals surface area contributed by atoms with Gasteiger partial charge >= 0.3 is 5.97 Å². The molecule has 0 fully saturated rings. The van der Waals surface area contributed by atoms with Gasteiger partial charge in [-0.2, -0.15) is 5.10 Å². The minimum absolute atomic E-state index is 0.0135. The van der Waals surface area contributed by atoms with Gasteiger partial charge in [-0.25, -0.2) is 13.9 Å². The third-order valence-electron chi connectivity index (χ3n) is 5.28. The summed E-state index contributed by atoms with van der Waals surface area (Å²) in [7, 11) is 0. The molecule has 2 aromatic carbocycles. The number of carbonyl (C=O) groups is 1. The molecule has 0 N–H and O–H groups in total. The number of carbonyl (C=O) groups excluding carboxylic acids is 1. The number of aromatic nitrogens is 3. The van der Waals surface area contributed by atoms with Crippen LogP contribution in [-0.4, -0.2) is 20.7 Å². The number of hydrogen-bond acceptors (Lipinski definition) is 4. The molecule has 2 heterocycles. The van der Waals surface area contributed by atoms with E-state index in [2.05, 4.69) is 10.1 Å². The first-order valence-corrected chi connectivity index (χ1v) is 9.58. The van der Waals surface area contributed by atoms with E-state index in [-0.39, 0.29) is 12.4 Å². The van der Waals surface area contributed by atoms with E-state index < -0.39 is 5.97 Å². The molecule has 2 aromatic heterocycles. The molecule has 29 heavy (non-hydrogen) atoms. The van der Waals surface area contributed by atoms with Crippen molar-refractivity contribution in [3.05, 3.63) is 89.1 Å². The van der Waals surface area contributed by atoms with E-state index in [0.717, 1.165) is 36.2 Å². The highest BCUT2D eigenvalue weighted by atomic mass is 19.1. The van der Waals surface area contributed by atoms with Crippen molar-refractivity contribution in [3.8, 4) is 5.69 Å². The second kappa shape index (κ2) is 7.13. The number of pyridine rings is 1. The Bertz CT molecular complexity index is 1220. The van der Waals surface area contributed by atoms with E-state index in [4.69, 9.17) is 4.74 Å². The second-order valence-corrected chi connectivity index (χ2v) is 7.06. The van der Waals surface area contributed by atoms with E-state index >= 15 is 0 Å². The summed E-state index contributed by atoms with van der Waals surface area (Å²) in [6.07, 6.45) is 4.29. The quantitative estimate of drug-likeness (QED) is 0.487. The van der Waals surface area contributed by atoms with E-state index in [1.54, 1.807) is 24.4 Å². The predicted molar refractivity (Wildman–Crippen MR) is 106 cm³/mol. The summed E-state index contributed by atoms with van der Waals surface area (Å²) in [5.74, 6) is -0.811. The molecule has 144 valence electrons. The third-order valence-corrected chi connectivity index (χ3v) is 5.28. The number of rotatable bonds is 4. The van der Waals surface area contributed by atoms with Crippen LogP contribution in [0.5, 0.6) is 0 Å². The first-order valence-electron chi connectivity index (χ1n) is 9.58. The minimum Gasteiger partial charge on any atom is -0.456 e. The molecule has 0 amide bonds. The number of nitrogens with zero attached hydrogens (tertiary/aromatic N) is 3. The number of fused-ring (bicyclic) bond motifs is 2. The van der Waals surface area contributed by atoms with Crippen molar-refractivity contribution in [2.24, 2.45) is 0 Å². The molecule has 6 heteroatoms. The van der Waals surface area contributed by atoms with Gasteiger partial charge in [-0.05, 0) is 49.6 Å². The normalized spacial score (nSPS) is 12.9. The second-order valence-electron chi connectivity index (χ2n) is 7.06. The Labute approximate surface area is 166 Å². The summed E-state index contributed by atoms with van der Waals surface area (Å²) in [6, 6.07) is 16.1. The molecular weight excluding hydrogens is 369 g/mol. The predicted octanol–water partition coefficient (Wildman–Crippen LogP) is 4.41. The topological polar surface area (TPSA) is 57.0 Å². The van der Waals surface area contributed by atoms with Crippen LogP contribution in [0.1, 0.15) is 33.7 Å². The molecule has 0 unspecified atom stereocenters. The van der Waals surface area contributed by atoms with Crippen LogP contribution in [0.3, 0.4) is 0 Å². The van der Waals surface area contributed by atoms with Gasteiger partial charge in [0.2, 0.25) is 0 Å². The first-order chi connectivity index (χ1) is 14.2. The van der Waals surface area contributed by atoms with Gasteiger partial charge in [0, 0.05) is 28.4 Å². The number of halogens is 1. The summed E-state index contributed by atoms with van der Waals surface area (Å²) in [5.41, 5.74) is 4.48. The lowest BCUT2D eigenvalue weighted by Gasteiger charge is -2.08. The molecule has 0 saturated heterocycles. The Morgan fingerprint density at radius 2 is 1.93 bits per heavy atom. The fourth-order valence-electron chi connectivity index (χ4n) is 3.91. The Morgan fingerprint density at radius 1 is 1.07 bits per heavy atom. The maximum absolute atomic E-state index is 14.0. The van der Waals surface area contributed by atoms with Gasteiger partial charge in [-0.1, -0.05) is 24.3 Å². The molecule has 5 rings (SSSR count). The lowest BCUT2D eigenvalue weighted by molar-refractivity contribution is 0.0465. The SMILES string of the molecule is O=C(OCc1ccc(F)c2cccnc12)c1nn(-c2ccccc2)c2c1CCC2. The number of para-hydroxylation sites is 1. The number of benzene rings is 2. The summed E-state index contributed by atoms with van der Waals surface area (Å²) in [4.78, 5) is 17.1. The highest BCUT2D eigenvalue weighted by Crippen LogP contribution is 2.28. The van der Waals surface area contributed by atoms with Gasteiger partial charge in [0.1, 0.15) is 12.4 Å². The molecular formula is C23H18FN3O2. The summed E-state index contributed by atoms with van der Waals surface area (Å²) < 4.78 is 21.4. The molecule has 0 saturated carbocycles. The number of hydrogen-bond donors (Lipinski definition) is 0. The zero-order valence-electron chi connectivity index (χ0n) is 15.6. The summed E-state index contributed by atoms with van der Waals surface area (Å²) in [6.45, 7) is 0.0135. The van der Waals surface area contributed by atoms with Crippen LogP contribution in [0.4, 0.5) is 4.39 Å². The maximum atomic E-state index is 14.0. The lowest BCUT2D eigenvalue weighted by atomic mass is 10.1. The molecule has 0 radical (unpaired) electrons. The molecule has 0 bridgehead atoms. The lowest BCUT2D eigenvalue weighted by Crippen LogP contribution is -2.10. The average Bonchev–Trinajstić information content (AvgIpc) is 3.37. The molecule has 1 aliphatic carbocycles. The zero-order valence-corrected chi connectivity index (χ0v) is 15.6. The number of esters is 1. The van der Waals surface area contributed by atoms with E-state index in [1.165, 1.54) is 6.07 Å². The molecule has 5 nitrogen and oxygen atoms in total. The number of ether oxygens (including phenoxy) is 1. The largest absolute Gasteiger partial charge is 0.456 e. The average molecular weight is 387 g/mol. The van der Waals surface area contributed by atoms with E-state index in [0.29, 0.717) is 22.2 Å². The van der Waals surface area contributed by atoms with Crippen molar-refractivity contribution in [2.75, 3.05) is 0 Å². The van der Waals surface area contributed by atoms with Crippen molar-refractivity contribution in [1.82, 2.24) is 14.8 Å². The molecule has 0 aliphatic heterocycles. The summed E-state index contributed by atoms with van der Waals surface area (Å²) >= 11 is 0. The van der Waals surface area contributed by atoms with Gasteiger partial charge in [-0.3, -0.25) is 4.98 Å². The van der Waals surface area contributed by atoms with Crippen molar-refractivity contribution in [1.29, 1.82) is 0 Å². The Morgan fingerprint density at radius 3 is 2.79 bits per heavy atom. The highest BCUT2D eigenvalue weighted by Gasteiger charge is 2.28. The molecule has 4 aromatic rings. The van der Waals surface area contributed by atoms with Crippen molar-refractivity contribution in [2.45, 2.75) is 25.9 Å². The third kappa shape index (κ3) is 3.06. The summed E-state index contributed by atoms with van der Waals surface area (Å²) in [5, 5.41) is 4.97. The van der Waals surface area contributed by atoms with Crippen molar-refractivity contribution in [3.63, 3.8) is 0 Å². The minimum atomic E-state index is -0.466. The smallest absolute Gasteiger partial charge is 0.359 e. The van der Waals surface area contributed by atoms with Crippen LogP contribution in [0.25, 0.3) is 16.6 Å². The van der Waals surface area contributed by atoms with Crippen LogP contribution >= 0.6 is 0 Å². The van der Waals surface area contributed by atoms with Gasteiger partial charge in [0.05, 0.1) is 11.2 Å². The monoisotopic (exact) mass is 387 g/mol. The Balaban J connectivity index is 1.44. The molecule has 1 aliphatic rings. The highest BCUT2D eigenvalue weighted by molar-refractivity contribution is 5.90. The molecule has 0 atom stereocenters. The van der Waals surface area contributed by atoms with E-state index in [1.807, 2.05) is 35.0 Å². The van der Waals surface area contributed by atoms with Crippen molar-refractivity contribution < 1.29 is 13.9 Å². The van der Waals surface area contributed by atoms with E-state index in [9.17, 15) is 9.18 Å². The van der Waals surface area contributed by atoms with Gasteiger partial charge in [-0.15, -0.1) is 0 Å². The van der Waals surface area contributed by atoms with Gasteiger partial charge in [0.25, 0.3) is 0 Å². The van der Waals surface area contributed by atoms with Crippen LogP contribution in [0.15, 0.2) is 60.8 Å². The van der Waals surface area contributed by atoms with Crippen molar-refractivity contribution >= 4 is 16.9 Å². The Kier molecular flexibility index (Phi) is 4.31. The zero-order chi connectivity index (χ0) is 19.8. The van der Waals surface area contributed by atoms with Gasteiger partial charge < -0.3 is 4.74 Å². The van der Waals surface area contributed by atoms with Gasteiger partial charge in [0.15, 0.2) is 5.69 Å². The standard InChI is InChI=1S/C23H18FN3O2/c24-19-12-11-15(21-17(19)9-5-13-25-21)14-29-23(28)22-18-8-4-10-20(18)27(26-22)16-6-2-1-3-7-16/h1-3,5-7,9,11-13H,4,8,10,14H2.